The highest BCUT2D eigenvalue weighted by Gasteiger charge is 2.36. The fourth-order valence-corrected chi connectivity index (χ4v) is 4.98. The van der Waals surface area contributed by atoms with E-state index in [0.29, 0.717) is 35.8 Å². The first-order valence-electron chi connectivity index (χ1n) is 12.2. The minimum absolute atomic E-state index is 0.253. The Kier molecular flexibility index (Phi) is 7.56. The third kappa shape index (κ3) is 5.63. The lowest BCUT2D eigenvalue weighted by Crippen LogP contribution is -2.33. The lowest BCUT2D eigenvalue weighted by molar-refractivity contribution is -0.122. The second-order valence-corrected chi connectivity index (χ2v) is 9.66. The summed E-state index contributed by atoms with van der Waals surface area (Å²) in [6, 6.07) is 28.4. The second kappa shape index (κ2) is 11.4. The smallest absolute Gasteiger partial charge is 0.293 e. The Labute approximate surface area is 224 Å². The first kappa shape index (κ1) is 25.3. The van der Waals surface area contributed by atoms with Gasteiger partial charge in [0.25, 0.3) is 11.1 Å². The summed E-state index contributed by atoms with van der Waals surface area (Å²) in [6.45, 7) is 2.40. The van der Waals surface area contributed by atoms with Gasteiger partial charge in [-0.1, -0.05) is 72.8 Å². The van der Waals surface area contributed by atoms with Gasteiger partial charge in [-0.15, -0.1) is 0 Å². The van der Waals surface area contributed by atoms with Gasteiger partial charge in [-0.3, -0.25) is 19.3 Å². The van der Waals surface area contributed by atoms with E-state index < -0.39 is 11.1 Å². The van der Waals surface area contributed by atoms with Crippen molar-refractivity contribution in [2.45, 2.75) is 13.5 Å². The number of benzene rings is 4. The summed E-state index contributed by atoms with van der Waals surface area (Å²) in [6.07, 6.45) is 1.63. The van der Waals surface area contributed by atoms with Crippen LogP contribution in [0.25, 0.3) is 16.8 Å². The van der Waals surface area contributed by atoms with Crippen molar-refractivity contribution >= 4 is 45.5 Å². The van der Waals surface area contributed by atoms with Gasteiger partial charge in [0, 0.05) is 5.56 Å². The number of ketones is 1. The monoisotopic (exact) mass is 523 g/mol. The van der Waals surface area contributed by atoms with Gasteiger partial charge in [0.2, 0.25) is 0 Å². The standard InChI is InChI=1S/C31H25NO5S/c1-2-36-28-17-21(13-15-27(28)37-20-22-12-14-23-8-6-7-11-25(23)16-22)18-29-30(34)32(31(35)38-29)19-26(33)24-9-4-3-5-10-24/h3-18H,2,19-20H2,1H3/b29-18+. The number of imide groups is 1. The highest BCUT2D eigenvalue weighted by atomic mass is 32.2. The molecule has 0 radical (unpaired) electrons. The third-order valence-electron chi connectivity index (χ3n) is 6.04. The van der Waals surface area contributed by atoms with Crippen molar-refractivity contribution < 1.29 is 23.9 Å². The van der Waals surface area contributed by atoms with Gasteiger partial charge in [-0.2, -0.15) is 0 Å². The molecular weight excluding hydrogens is 498 g/mol. The molecule has 7 heteroatoms. The van der Waals surface area contributed by atoms with Crippen molar-refractivity contribution in [2.24, 2.45) is 0 Å². The van der Waals surface area contributed by atoms with Gasteiger partial charge in [-0.25, -0.2) is 0 Å². The minimum atomic E-state index is -0.487. The first-order valence-corrected chi connectivity index (χ1v) is 13.0. The lowest BCUT2D eigenvalue weighted by atomic mass is 10.1. The van der Waals surface area contributed by atoms with Crippen LogP contribution >= 0.6 is 11.8 Å². The fourth-order valence-electron chi connectivity index (χ4n) is 4.14. The van der Waals surface area contributed by atoms with Crippen LogP contribution in [0.2, 0.25) is 0 Å². The molecular formula is C31H25NO5S. The Morgan fingerprint density at radius 1 is 0.842 bits per heavy atom. The molecule has 1 heterocycles. The molecule has 4 aromatic rings. The number of carbonyl (C=O) groups excluding carboxylic acids is 3. The molecule has 0 unspecified atom stereocenters. The van der Waals surface area contributed by atoms with Crippen LogP contribution in [-0.4, -0.2) is 35.0 Å². The van der Waals surface area contributed by atoms with Gasteiger partial charge in [0.05, 0.1) is 18.1 Å². The van der Waals surface area contributed by atoms with Gasteiger partial charge < -0.3 is 9.47 Å². The SMILES string of the molecule is CCOc1cc(/C=C2/SC(=O)N(CC(=O)c3ccccc3)C2=O)ccc1OCc1ccc2ccccc2c1. The normalized spacial score (nSPS) is 14.3. The van der Waals surface area contributed by atoms with Crippen molar-refractivity contribution in [3.63, 3.8) is 0 Å². The number of nitrogens with zero attached hydrogens (tertiary/aromatic N) is 1. The number of rotatable bonds is 9. The Hall–Kier alpha value is -4.36. The zero-order chi connectivity index (χ0) is 26.5. The van der Waals surface area contributed by atoms with Crippen LogP contribution in [0, 0.1) is 0 Å². The number of hydrogen-bond donors (Lipinski definition) is 0. The molecule has 0 N–H and O–H groups in total. The molecule has 0 aliphatic carbocycles. The second-order valence-electron chi connectivity index (χ2n) is 8.67. The average molecular weight is 524 g/mol. The Morgan fingerprint density at radius 2 is 1.61 bits per heavy atom. The van der Waals surface area contributed by atoms with E-state index in [1.165, 1.54) is 5.39 Å². The maximum atomic E-state index is 12.9. The highest BCUT2D eigenvalue weighted by molar-refractivity contribution is 8.18. The minimum Gasteiger partial charge on any atom is -0.490 e. The van der Waals surface area contributed by atoms with E-state index in [1.807, 2.05) is 25.1 Å². The van der Waals surface area contributed by atoms with Crippen molar-refractivity contribution in [1.82, 2.24) is 4.90 Å². The van der Waals surface area contributed by atoms with Crippen LogP contribution < -0.4 is 9.47 Å². The van der Waals surface area contributed by atoms with Crippen molar-refractivity contribution in [3.8, 4) is 11.5 Å². The van der Waals surface area contributed by atoms with Gasteiger partial charge >= 0.3 is 0 Å². The molecule has 5 rings (SSSR count). The summed E-state index contributed by atoms with van der Waals surface area (Å²) >= 11 is 0.820. The molecule has 1 aliphatic rings. The van der Waals surface area contributed by atoms with Crippen molar-refractivity contribution in [3.05, 3.63) is 113 Å². The molecule has 0 saturated carbocycles. The van der Waals surface area contributed by atoms with Gasteiger partial charge in [0.1, 0.15) is 6.61 Å². The van der Waals surface area contributed by atoms with E-state index in [0.717, 1.165) is 27.6 Å². The molecule has 4 aromatic carbocycles. The first-order chi connectivity index (χ1) is 18.5. The van der Waals surface area contributed by atoms with Crippen LogP contribution in [0.3, 0.4) is 0 Å². The van der Waals surface area contributed by atoms with Gasteiger partial charge in [-0.05, 0) is 64.9 Å². The molecule has 0 aromatic heterocycles. The number of Topliss-reactive ketones (excluding diaryl/α,β-unsaturated/α-hetero) is 1. The predicted octanol–water partition coefficient (Wildman–Crippen LogP) is 6.74. The Bertz CT molecular complexity index is 1550. The third-order valence-corrected chi connectivity index (χ3v) is 6.95. The van der Waals surface area contributed by atoms with E-state index in [1.54, 1.807) is 54.6 Å². The molecule has 0 spiro atoms. The lowest BCUT2D eigenvalue weighted by Gasteiger charge is -2.13. The number of fused-ring (bicyclic) bond motifs is 1. The molecule has 1 aliphatic heterocycles. The van der Waals surface area contributed by atoms with Crippen LogP contribution in [0.5, 0.6) is 11.5 Å². The molecule has 2 amide bonds. The summed E-state index contributed by atoms with van der Waals surface area (Å²) in [5.41, 5.74) is 2.18. The van der Waals surface area contributed by atoms with E-state index in [2.05, 4.69) is 24.3 Å². The summed E-state index contributed by atoms with van der Waals surface area (Å²) in [5.74, 6) is 0.346. The number of ether oxygens (including phenoxy) is 2. The fraction of sp³-hybridized carbons (Fsp3) is 0.129. The predicted molar refractivity (Wildman–Crippen MR) is 149 cm³/mol. The van der Waals surface area contributed by atoms with Crippen molar-refractivity contribution in [2.75, 3.05) is 13.2 Å². The van der Waals surface area contributed by atoms with Crippen LogP contribution in [0.15, 0.2) is 95.9 Å². The van der Waals surface area contributed by atoms with E-state index in [9.17, 15) is 14.4 Å². The highest BCUT2D eigenvalue weighted by Crippen LogP contribution is 2.35. The molecule has 0 atom stereocenters. The van der Waals surface area contributed by atoms with E-state index >= 15 is 0 Å². The van der Waals surface area contributed by atoms with E-state index in [4.69, 9.17) is 9.47 Å². The zero-order valence-electron chi connectivity index (χ0n) is 20.8. The maximum Gasteiger partial charge on any atom is 0.293 e. The van der Waals surface area contributed by atoms with Gasteiger partial charge in [0.15, 0.2) is 17.3 Å². The zero-order valence-corrected chi connectivity index (χ0v) is 21.6. The number of amides is 2. The largest absolute Gasteiger partial charge is 0.490 e. The summed E-state index contributed by atoms with van der Waals surface area (Å²) < 4.78 is 11.9. The van der Waals surface area contributed by atoms with Crippen LogP contribution in [0.4, 0.5) is 4.79 Å². The number of carbonyl (C=O) groups is 3. The number of hydrogen-bond acceptors (Lipinski definition) is 6. The molecule has 0 bridgehead atoms. The Morgan fingerprint density at radius 3 is 2.39 bits per heavy atom. The summed E-state index contributed by atoms with van der Waals surface area (Å²) in [7, 11) is 0. The summed E-state index contributed by atoms with van der Waals surface area (Å²) in [5, 5.41) is 1.85. The maximum absolute atomic E-state index is 12.9. The average Bonchev–Trinajstić information content (AvgIpc) is 3.20. The van der Waals surface area contributed by atoms with Crippen LogP contribution in [0.1, 0.15) is 28.4 Å². The topological polar surface area (TPSA) is 72.9 Å². The molecule has 1 saturated heterocycles. The van der Waals surface area contributed by atoms with Crippen molar-refractivity contribution in [1.29, 1.82) is 0 Å². The van der Waals surface area contributed by atoms with Crippen LogP contribution in [-0.2, 0) is 11.4 Å². The summed E-state index contributed by atoms with van der Waals surface area (Å²) in [4.78, 5) is 39.2. The molecule has 38 heavy (non-hydrogen) atoms. The molecule has 6 nitrogen and oxygen atoms in total. The molecule has 190 valence electrons. The molecule has 1 fully saturated rings. The Balaban J connectivity index is 1.30. The quantitative estimate of drug-likeness (QED) is 0.179. The van der Waals surface area contributed by atoms with E-state index in [-0.39, 0.29) is 17.2 Å². The number of thioether (sulfide) groups is 1.